The van der Waals surface area contributed by atoms with Crippen molar-refractivity contribution < 1.29 is 0 Å². The van der Waals surface area contributed by atoms with Gasteiger partial charge in [-0.15, -0.1) is 0 Å². The van der Waals surface area contributed by atoms with Crippen molar-refractivity contribution in [3.8, 4) is 0 Å². The minimum atomic E-state index is 1.08. The van der Waals surface area contributed by atoms with Crippen LogP contribution in [-0.4, -0.2) is 31.7 Å². The van der Waals surface area contributed by atoms with Gasteiger partial charge in [0.1, 0.15) is 0 Å². The lowest BCUT2D eigenvalue weighted by atomic mass is 10.4. The van der Waals surface area contributed by atoms with Crippen molar-refractivity contribution in [1.82, 2.24) is 10.6 Å². The molecule has 9 heavy (non-hydrogen) atoms. The van der Waals surface area contributed by atoms with Crippen LogP contribution < -0.4 is 16.4 Å². The van der Waals surface area contributed by atoms with Gasteiger partial charge in [-0.1, -0.05) is 12.2 Å². The number of hydrogen-bond donors (Lipinski definition) is 3. The highest BCUT2D eigenvalue weighted by atomic mass is 32.1. The first kappa shape index (κ1) is 8.81. The van der Waals surface area contributed by atoms with Gasteiger partial charge < -0.3 is 16.4 Å². The highest BCUT2D eigenvalue weighted by Gasteiger charge is 1.91. The van der Waals surface area contributed by atoms with Gasteiger partial charge in [0, 0.05) is 26.2 Å². The molecule has 0 aromatic carbocycles. The fourth-order valence-corrected chi connectivity index (χ4v) is 0.604. The van der Waals surface area contributed by atoms with Crippen LogP contribution in [0.5, 0.6) is 0 Å². The van der Waals surface area contributed by atoms with Gasteiger partial charge in [-0.05, 0) is 0 Å². The Morgan fingerprint density at radius 2 is 1.33 bits per heavy atom. The minimum Gasteiger partial charge on any atom is -0.396 e. The summed E-state index contributed by atoms with van der Waals surface area (Å²) in [6, 6.07) is 0. The fraction of sp³-hybridized carbons (Fsp3) is 0.800. The zero-order chi connectivity index (χ0) is 6.95. The Morgan fingerprint density at radius 3 is 1.44 bits per heavy atom. The molecule has 1 heterocycles. The van der Waals surface area contributed by atoms with Crippen molar-refractivity contribution in [2.24, 2.45) is 5.73 Å². The van der Waals surface area contributed by atoms with Gasteiger partial charge in [0.15, 0.2) is 0 Å². The van der Waals surface area contributed by atoms with Crippen LogP contribution in [-0.2, 0) is 0 Å². The number of thiocarbonyl (C=S) groups is 1. The van der Waals surface area contributed by atoms with Gasteiger partial charge in [-0.3, -0.25) is 0 Å². The molecule has 1 fully saturated rings. The second kappa shape index (κ2) is 7.81. The number of nitrogens with two attached hydrogens (primary N) is 1. The van der Waals surface area contributed by atoms with Crippen molar-refractivity contribution in [3.63, 3.8) is 0 Å². The Bertz CT molecular complexity index is 51.7. The SMILES string of the molecule is C1CNCCN1.NC=S. The Kier molecular flexibility index (Phi) is 7.65. The average molecular weight is 147 g/mol. The van der Waals surface area contributed by atoms with E-state index in [1.165, 1.54) is 0 Å². The number of nitrogens with one attached hydrogen (secondary N) is 2. The second-order valence-corrected chi connectivity index (χ2v) is 1.91. The van der Waals surface area contributed by atoms with Crippen molar-refractivity contribution in [1.29, 1.82) is 0 Å². The van der Waals surface area contributed by atoms with E-state index in [1.807, 2.05) is 0 Å². The van der Waals surface area contributed by atoms with E-state index >= 15 is 0 Å². The van der Waals surface area contributed by atoms with Crippen molar-refractivity contribution in [2.45, 2.75) is 0 Å². The molecule has 0 aromatic rings. The molecule has 0 radical (unpaired) electrons. The molecule has 4 N–H and O–H groups in total. The van der Waals surface area contributed by atoms with Crippen LogP contribution in [0.25, 0.3) is 0 Å². The summed E-state index contributed by atoms with van der Waals surface area (Å²) < 4.78 is 0. The van der Waals surface area contributed by atoms with E-state index in [9.17, 15) is 0 Å². The molecule has 3 nitrogen and oxygen atoms in total. The van der Waals surface area contributed by atoms with Crippen molar-refractivity contribution >= 4 is 17.7 Å². The highest BCUT2D eigenvalue weighted by Crippen LogP contribution is 1.65. The lowest BCUT2D eigenvalue weighted by molar-refractivity contribution is 0.534. The van der Waals surface area contributed by atoms with E-state index in [4.69, 9.17) is 0 Å². The quantitative estimate of drug-likeness (QED) is 0.388. The van der Waals surface area contributed by atoms with Gasteiger partial charge in [0.05, 0.1) is 5.49 Å². The minimum absolute atomic E-state index is 1.08. The second-order valence-electron chi connectivity index (χ2n) is 1.64. The summed E-state index contributed by atoms with van der Waals surface area (Å²) in [6.07, 6.45) is 0. The third-order valence-corrected chi connectivity index (χ3v) is 0.957. The first-order valence-electron chi connectivity index (χ1n) is 2.98. The van der Waals surface area contributed by atoms with E-state index in [2.05, 4.69) is 28.6 Å². The lowest BCUT2D eigenvalue weighted by Gasteiger charge is -2.11. The molecule has 0 aliphatic carbocycles. The van der Waals surface area contributed by atoms with Crippen LogP contribution in [0.1, 0.15) is 0 Å². The van der Waals surface area contributed by atoms with Gasteiger partial charge in [-0.25, -0.2) is 0 Å². The van der Waals surface area contributed by atoms with Crippen LogP contribution in [0.15, 0.2) is 0 Å². The third-order valence-electron chi connectivity index (χ3n) is 0.957. The first-order valence-corrected chi connectivity index (χ1v) is 3.45. The monoisotopic (exact) mass is 147 g/mol. The van der Waals surface area contributed by atoms with Crippen LogP contribution in [0.4, 0.5) is 0 Å². The lowest BCUT2D eigenvalue weighted by Crippen LogP contribution is -2.39. The molecule has 0 saturated carbocycles. The normalized spacial score (nSPS) is 17.3. The molecule has 1 aliphatic heterocycles. The van der Waals surface area contributed by atoms with E-state index in [-0.39, 0.29) is 0 Å². The summed E-state index contributed by atoms with van der Waals surface area (Å²) in [6.45, 7) is 4.56. The van der Waals surface area contributed by atoms with E-state index in [0.29, 0.717) is 0 Å². The molecule has 0 unspecified atom stereocenters. The van der Waals surface area contributed by atoms with E-state index < -0.39 is 0 Å². The van der Waals surface area contributed by atoms with Crippen LogP contribution in [0, 0.1) is 0 Å². The fourth-order valence-electron chi connectivity index (χ4n) is 0.604. The predicted molar refractivity (Wildman–Crippen MR) is 43.6 cm³/mol. The Labute approximate surface area is 61.0 Å². The van der Waals surface area contributed by atoms with Crippen molar-refractivity contribution in [2.75, 3.05) is 26.2 Å². The van der Waals surface area contributed by atoms with Crippen molar-refractivity contribution in [3.05, 3.63) is 0 Å². The number of piperazine rings is 1. The third kappa shape index (κ3) is 7.81. The maximum absolute atomic E-state index is 4.54. The molecule has 1 aliphatic rings. The highest BCUT2D eigenvalue weighted by molar-refractivity contribution is 7.78. The molecule has 0 spiro atoms. The molecule has 0 aromatic heterocycles. The largest absolute Gasteiger partial charge is 0.396 e. The summed E-state index contributed by atoms with van der Waals surface area (Å²) >= 11 is 4.05. The summed E-state index contributed by atoms with van der Waals surface area (Å²) in [5.41, 5.74) is 5.62. The summed E-state index contributed by atoms with van der Waals surface area (Å²) in [5, 5.41) is 6.44. The van der Waals surface area contributed by atoms with E-state index in [1.54, 1.807) is 0 Å². The average Bonchev–Trinajstić information content (AvgIpc) is 1.93. The van der Waals surface area contributed by atoms with Gasteiger partial charge in [-0.2, -0.15) is 0 Å². The zero-order valence-corrected chi connectivity index (χ0v) is 6.21. The standard InChI is InChI=1S/C4H10N2.CH3NS/c1-2-6-4-3-5-1;2-1-3/h5-6H,1-4H2;1H,(H2,2,3). The summed E-state index contributed by atoms with van der Waals surface area (Å²) in [4.78, 5) is 0. The van der Waals surface area contributed by atoms with Crippen LogP contribution >= 0.6 is 12.2 Å². The predicted octanol–water partition coefficient (Wildman–Crippen LogP) is -0.918. The van der Waals surface area contributed by atoms with Gasteiger partial charge in [0.25, 0.3) is 0 Å². The molecule has 0 bridgehead atoms. The molecule has 4 heteroatoms. The Hall–Kier alpha value is -0.190. The smallest absolute Gasteiger partial charge is 0.0588 e. The van der Waals surface area contributed by atoms with E-state index in [0.717, 1.165) is 31.7 Å². The molecule has 0 atom stereocenters. The molecule has 1 rings (SSSR count). The Balaban J connectivity index is 0.000000187. The zero-order valence-electron chi connectivity index (χ0n) is 5.39. The van der Waals surface area contributed by atoms with Gasteiger partial charge >= 0.3 is 0 Å². The first-order chi connectivity index (χ1) is 4.41. The molecule has 0 amide bonds. The van der Waals surface area contributed by atoms with Gasteiger partial charge in [0.2, 0.25) is 0 Å². The number of hydrogen-bond acceptors (Lipinski definition) is 3. The van der Waals surface area contributed by atoms with Crippen LogP contribution in [0.2, 0.25) is 0 Å². The maximum atomic E-state index is 4.54. The molecule has 1 saturated heterocycles. The topological polar surface area (TPSA) is 50.1 Å². The molecule has 54 valence electrons. The Morgan fingerprint density at radius 1 is 1.11 bits per heavy atom. The maximum Gasteiger partial charge on any atom is 0.0588 e. The molecular formula is C5H13N3S. The molecular weight excluding hydrogens is 134 g/mol. The number of rotatable bonds is 0. The summed E-state index contributed by atoms with van der Waals surface area (Å²) in [5.74, 6) is 0. The van der Waals surface area contributed by atoms with Crippen LogP contribution in [0.3, 0.4) is 0 Å². The summed E-state index contributed by atoms with van der Waals surface area (Å²) in [7, 11) is 0.